The van der Waals surface area contributed by atoms with Gasteiger partial charge in [-0.2, -0.15) is 0 Å². The van der Waals surface area contributed by atoms with Crippen LogP contribution in [-0.2, 0) is 40.4 Å². The number of hydrogen-bond donors (Lipinski definition) is 4. The molecule has 16 heteroatoms. The van der Waals surface area contributed by atoms with Gasteiger partial charge in [0.05, 0.1) is 11.3 Å². The highest BCUT2D eigenvalue weighted by atomic mass is 32.2. The summed E-state index contributed by atoms with van der Waals surface area (Å²) in [6.07, 6.45) is 3.57. The number of nitrogens with one attached hydrogen (secondary N) is 4. The SMILES string of the molecule is CC(=O)OC(CC(C(C)C)N(C)C(=O)C(NC(=O)C1CCCCN1)C(C)(C)C)c1nc(C(=O)NC(Cc2ccccc2)CC(C)C(=O)NS(=O)(=O)C2CC2)cs1. The van der Waals surface area contributed by atoms with Crippen LogP contribution in [0.2, 0.25) is 0 Å². The lowest BCUT2D eigenvalue weighted by Crippen LogP contribution is -2.59. The summed E-state index contributed by atoms with van der Waals surface area (Å²) in [5, 5.41) is 10.7. The maximum Gasteiger partial charge on any atom is 0.303 e. The Morgan fingerprint density at radius 1 is 1.00 bits per heavy atom. The van der Waals surface area contributed by atoms with Gasteiger partial charge in [-0.1, -0.05) is 78.3 Å². The molecule has 1 aliphatic carbocycles. The molecule has 0 radical (unpaired) electrons. The van der Waals surface area contributed by atoms with Gasteiger partial charge < -0.3 is 25.6 Å². The van der Waals surface area contributed by atoms with Crippen LogP contribution >= 0.6 is 11.3 Å². The molecule has 1 aromatic heterocycles. The first-order valence-electron chi connectivity index (χ1n) is 19.6. The third kappa shape index (κ3) is 12.8. The Kier molecular flexibility index (Phi) is 15.6. The van der Waals surface area contributed by atoms with Gasteiger partial charge in [0.1, 0.15) is 16.7 Å². The van der Waals surface area contributed by atoms with Crippen LogP contribution in [-0.4, -0.2) is 90.9 Å². The number of nitrogens with zero attached hydrogens (tertiary/aromatic N) is 2. The topological polar surface area (TPSA) is 193 Å². The highest BCUT2D eigenvalue weighted by Crippen LogP contribution is 2.32. The summed E-state index contributed by atoms with van der Waals surface area (Å²) in [6, 6.07) is 7.29. The Hall–Kier alpha value is -3.89. The normalized spacial score (nSPS) is 18.8. The van der Waals surface area contributed by atoms with E-state index in [4.69, 9.17) is 4.74 Å². The third-order valence-corrected chi connectivity index (χ3v) is 13.2. The number of aromatic nitrogens is 1. The van der Waals surface area contributed by atoms with Crippen LogP contribution in [0.4, 0.5) is 0 Å². The Bertz CT molecular complexity index is 1780. The second-order valence-electron chi connectivity index (χ2n) is 16.7. The van der Waals surface area contributed by atoms with Gasteiger partial charge in [0.2, 0.25) is 27.7 Å². The molecule has 2 heterocycles. The number of hydrogen-bond acceptors (Lipinski definition) is 11. The van der Waals surface area contributed by atoms with Gasteiger partial charge in [-0.3, -0.25) is 28.7 Å². The molecule has 0 bridgehead atoms. The van der Waals surface area contributed by atoms with E-state index in [1.54, 1.807) is 24.3 Å². The fourth-order valence-corrected chi connectivity index (χ4v) is 9.20. The van der Waals surface area contributed by atoms with E-state index in [-0.39, 0.29) is 42.3 Å². The standard InChI is InChI=1S/C40H60N6O8S2/c1-24(2)32(46(8)39(51)34(40(5,6)7)44-36(49)30-16-12-13-19-41-30)22-33(54-26(4)47)38-43-31(23-55-38)37(50)42-28(21-27-14-10-9-11-15-27)20-25(3)35(48)45-56(52,53)29-17-18-29/h9-11,14-15,23-25,28-30,32-34,41H,12-13,16-22H2,1-8H3,(H,42,50)(H,44,49)(H,45,48). The van der Waals surface area contributed by atoms with Gasteiger partial charge >= 0.3 is 5.97 Å². The second-order valence-corrected chi connectivity index (χ2v) is 19.5. The van der Waals surface area contributed by atoms with Gasteiger partial charge in [-0.05, 0) is 62.0 Å². The van der Waals surface area contributed by atoms with Crippen LogP contribution in [0.15, 0.2) is 35.7 Å². The van der Waals surface area contributed by atoms with E-state index >= 15 is 0 Å². The van der Waals surface area contributed by atoms with E-state index in [0.29, 0.717) is 30.7 Å². The van der Waals surface area contributed by atoms with Gasteiger partial charge in [0, 0.05) is 43.8 Å². The molecule has 6 atom stereocenters. The van der Waals surface area contributed by atoms with Gasteiger partial charge in [0.15, 0.2) is 6.10 Å². The first-order valence-corrected chi connectivity index (χ1v) is 22.0. The molecule has 56 heavy (non-hydrogen) atoms. The van der Waals surface area contributed by atoms with Crippen LogP contribution < -0.4 is 20.7 Å². The van der Waals surface area contributed by atoms with Crippen LogP contribution in [0.25, 0.3) is 0 Å². The van der Waals surface area contributed by atoms with Crippen molar-refractivity contribution in [3.8, 4) is 0 Å². The van der Waals surface area contributed by atoms with E-state index in [1.165, 1.54) is 6.92 Å². The van der Waals surface area contributed by atoms with Crippen LogP contribution in [0.5, 0.6) is 0 Å². The van der Waals surface area contributed by atoms with Crippen molar-refractivity contribution in [3.05, 3.63) is 52.0 Å². The van der Waals surface area contributed by atoms with Crippen molar-refractivity contribution in [1.29, 1.82) is 0 Å². The number of ether oxygens (including phenoxy) is 1. The molecule has 6 unspecified atom stereocenters. The number of amides is 4. The highest BCUT2D eigenvalue weighted by molar-refractivity contribution is 7.90. The molecular formula is C40H60N6O8S2. The van der Waals surface area contributed by atoms with Crippen LogP contribution in [0.1, 0.15) is 121 Å². The Balaban J connectivity index is 1.50. The molecule has 4 N–H and O–H groups in total. The van der Waals surface area contributed by atoms with Crippen molar-refractivity contribution in [2.75, 3.05) is 13.6 Å². The average Bonchev–Trinajstić information content (AvgIpc) is 3.89. The summed E-state index contributed by atoms with van der Waals surface area (Å²) >= 11 is 1.15. The zero-order valence-corrected chi connectivity index (χ0v) is 35.6. The maximum absolute atomic E-state index is 14.2. The number of esters is 1. The maximum atomic E-state index is 14.2. The molecule has 2 aromatic rings. The largest absolute Gasteiger partial charge is 0.455 e. The molecule has 2 aliphatic rings. The summed E-state index contributed by atoms with van der Waals surface area (Å²) in [5.41, 5.74) is 0.409. The average molecular weight is 817 g/mol. The minimum atomic E-state index is -3.72. The van der Waals surface area contributed by atoms with Crippen molar-refractivity contribution in [2.45, 2.75) is 135 Å². The zero-order valence-electron chi connectivity index (χ0n) is 33.9. The lowest BCUT2D eigenvalue weighted by atomic mass is 9.84. The van der Waals surface area contributed by atoms with Crippen LogP contribution in [0.3, 0.4) is 0 Å². The fraction of sp³-hybridized carbons (Fsp3) is 0.650. The van der Waals surface area contributed by atoms with Gasteiger partial charge in [-0.15, -0.1) is 11.3 Å². The second kappa shape index (κ2) is 19.5. The predicted octanol–water partition coefficient (Wildman–Crippen LogP) is 4.27. The quantitative estimate of drug-likeness (QED) is 0.158. The molecule has 1 saturated heterocycles. The number of likely N-dealkylation sites (N-methyl/N-ethyl adjacent to an activating group) is 1. The minimum absolute atomic E-state index is 0.0849. The molecule has 1 saturated carbocycles. The summed E-state index contributed by atoms with van der Waals surface area (Å²) in [7, 11) is -2.03. The van der Waals surface area contributed by atoms with Crippen LogP contribution in [0, 0.1) is 17.3 Å². The first-order chi connectivity index (χ1) is 26.3. The number of carbonyl (C=O) groups is 5. The molecule has 1 aromatic carbocycles. The molecule has 1 aliphatic heterocycles. The van der Waals surface area contributed by atoms with Crippen molar-refractivity contribution in [1.82, 2.24) is 30.6 Å². The van der Waals surface area contributed by atoms with Gasteiger partial charge in [0.25, 0.3) is 5.91 Å². The summed E-state index contributed by atoms with van der Waals surface area (Å²) in [5.74, 6) is -2.95. The summed E-state index contributed by atoms with van der Waals surface area (Å²) in [4.78, 5) is 72.7. The first kappa shape index (κ1) is 44.8. The van der Waals surface area contributed by atoms with Crippen molar-refractivity contribution < 1.29 is 37.1 Å². The molecular weight excluding hydrogens is 757 g/mol. The third-order valence-electron chi connectivity index (χ3n) is 10.4. The molecule has 14 nitrogen and oxygen atoms in total. The van der Waals surface area contributed by atoms with E-state index in [9.17, 15) is 32.4 Å². The van der Waals surface area contributed by atoms with E-state index < -0.39 is 68.6 Å². The number of sulfonamides is 1. The fourth-order valence-electron chi connectivity index (χ4n) is 6.96. The van der Waals surface area contributed by atoms with E-state index in [0.717, 1.165) is 36.3 Å². The van der Waals surface area contributed by atoms with Crippen molar-refractivity contribution >= 4 is 51.0 Å². The predicted molar refractivity (Wildman–Crippen MR) is 215 cm³/mol. The van der Waals surface area contributed by atoms with Gasteiger partial charge in [-0.25, -0.2) is 13.4 Å². The molecule has 310 valence electrons. The number of rotatable bonds is 18. The molecule has 4 rings (SSSR count). The number of benzene rings is 1. The highest BCUT2D eigenvalue weighted by Gasteiger charge is 2.40. The number of thiazole rings is 1. The lowest BCUT2D eigenvalue weighted by Gasteiger charge is -2.39. The number of carbonyl (C=O) groups excluding carboxylic acids is 5. The lowest BCUT2D eigenvalue weighted by molar-refractivity contribution is -0.149. The molecule has 2 fully saturated rings. The van der Waals surface area contributed by atoms with Crippen molar-refractivity contribution in [2.24, 2.45) is 17.3 Å². The van der Waals surface area contributed by atoms with Crippen molar-refractivity contribution in [3.63, 3.8) is 0 Å². The Labute approximate surface area is 335 Å². The molecule has 4 amide bonds. The smallest absolute Gasteiger partial charge is 0.303 e. The van der Waals surface area contributed by atoms with E-state index in [2.05, 4.69) is 25.7 Å². The Morgan fingerprint density at radius 3 is 2.25 bits per heavy atom. The zero-order chi connectivity index (χ0) is 41.4. The number of piperidine rings is 1. The molecule has 0 spiro atoms. The summed E-state index contributed by atoms with van der Waals surface area (Å²) < 4.78 is 32.8. The summed E-state index contributed by atoms with van der Waals surface area (Å²) in [6.45, 7) is 13.3. The Morgan fingerprint density at radius 2 is 1.68 bits per heavy atom. The monoisotopic (exact) mass is 816 g/mol. The van der Waals surface area contributed by atoms with E-state index in [1.807, 2.05) is 65.0 Å². The minimum Gasteiger partial charge on any atom is -0.455 e.